The first-order valence-electron chi connectivity index (χ1n) is 8.07. The molecular weight excluding hydrogens is 416 g/mol. The highest BCUT2D eigenvalue weighted by molar-refractivity contribution is 7.98. The molecule has 0 radical (unpaired) electrons. The molecule has 0 fully saturated rings. The number of nitriles is 1. The molecule has 146 valence electrons. The zero-order chi connectivity index (χ0) is 21.0. The van der Waals surface area contributed by atoms with Crippen LogP contribution in [0.5, 0.6) is 11.6 Å². The molecule has 2 heterocycles. The van der Waals surface area contributed by atoms with Gasteiger partial charge in [0.2, 0.25) is 5.88 Å². The van der Waals surface area contributed by atoms with E-state index in [1.807, 2.05) is 6.07 Å². The number of rotatable bonds is 5. The van der Waals surface area contributed by atoms with Gasteiger partial charge in [-0.3, -0.25) is 4.79 Å². The monoisotopic (exact) mass is 428 g/mol. The number of hydrogen-bond acceptors (Lipinski definition) is 8. The molecule has 2 aromatic heterocycles. The lowest BCUT2D eigenvalue weighted by atomic mass is 10.1. The highest BCUT2D eigenvalue weighted by atomic mass is 35.5. The Morgan fingerprint density at radius 1 is 1.31 bits per heavy atom. The average molecular weight is 429 g/mol. The number of benzene rings is 1. The summed E-state index contributed by atoms with van der Waals surface area (Å²) in [6.07, 6.45) is 3.17. The number of carbonyl (C=O) groups excluding carboxylic acids is 1. The summed E-state index contributed by atoms with van der Waals surface area (Å²) < 4.78 is 10.3. The van der Waals surface area contributed by atoms with Crippen molar-refractivity contribution >= 4 is 29.3 Å². The largest absolute Gasteiger partial charge is 0.465 e. The van der Waals surface area contributed by atoms with Crippen LogP contribution in [0.3, 0.4) is 0 Å². The zero-order valence-corrected chi connectivity index (χ0v) is 16.8. The van der Waals surface area contributed by atoms with E-state index < -0.39 is 11.5 Å². The highest BCUT2D eigenvalue weighted by Gasteiger charge is 2.16. The van der Waals surface area contributed by atoms with Gasteiger partial charge in [-0.2, -0.15) is 5.26 Å². The topological polar surface area (TPSA) is 118 Å². The maximum absolute atomic E-state index is 12.1. The van der Waals surface area contributed by atoms with Crippen molar-refractivity contribution in [3.8, 4) is 29.0 Å². The fraction of sp³-hybridized carbons (Fsp3) is 0.105. The number of halogens is 1. The minimum Gasteiger partial charge on any atom is -0.465 e. The summed E-state index contributed by atoms with van der Waals surface area (Å²) in [6.45, 7) is 0. The minimum atomic E-state index is -0.526. The number of esters is 1. The number of ether oxygens (including phenoxy) is 2. The number of H-pyrrole nitrogens is 1. The maximum atomic E-state index is 12.1. The summed E-state index contributed by atoms with van der Waals surface area (Å²) in [7, 11) is 1.28. The standard InChI is InChI=1S/C19H13ClN4O4S/c1-27-18(26)11-5-6-22-15(8-11)28-14-4-3-10(7-13(14)20)16-12(9-21)17(25)24-19(23-16)29-2/h3-8H,1-2H3,(H,23,24,25). The maximum Gasteiger partial charge on any atom is 0.338 e. The fourth-order valence-corrected chi connectivity index (χ4v) is 3.01. The molecule has 29 heavy (non-hydrogen) atoms. The molecule has 0 spiro atoms. The zero-order valence-electron chi connectivity index (χ0n) is 15.2. The van der Waals surface area contributed by atoms with E-state index in [0.29, 0.717) is 10.7 Å². The third kappa shape index (κ3) is 4.39. The number of methoxy groups -OCH3 is 1. The van der Waals surface area contributed by atoms with Crippen LogP contribution >= 0.6 is 23.4 Å². The fourth-order valence-electron chi connectivity index (χ4n) is 2.42. The smallest absolute Gasteiger partial charge is 0.338 e. The molecule has 0 amide bonds. The summed E-state index contributed by atoms with van der Waals surface area (Å²) in [4.78, 5) is 34.6. The van der Waals surface area contributed by atoms with Gasteiger partial charge in [0.05, 0.1) is 23.4 Å². The summed E-state index contributed by atoms with van der Waals surface area (Å²) >= 11 is 7.57. The van der Waals surface area contributed by atoms with Gasteiger partial charge in [0, 0.05) is 17.8 Å². The Labute approximate surface area is 174 Å². The van der Waals surface area contributed by atoms with Gasteiger partial charge in [0.15, 0.2) is 5.16 Å². The molecule has 0 aliphatic heterocycles. The quantitative estimate of drug-likeness (QED) is 0.371. The molecule has 8 nitrogen and oxygen atoms in total. The number of aromatic amines is 1. The first-order valence-corrected chi connectivity index (χ1v) is 9.67. The Morgan fingerprint density at radius 3 is 2.76 bits per heavy atom. The Hall–Kier alpha value is -3.35. The van der Waals surface area contributed by atoms with Crippen molar-refractivity contribution in [3.63, 3.8) is 0 Å². The van der Waals surface area contributed by atoms with E-state index >= 15 is 0 Å². The second-order valence-electron chi connectivity index (χ2n) is 5.53. The number of nitrogens with zero attached hydrogens (tertiary/aromatic N) is 3. The lowest BCUT2D eigenvalue weighted by Gasteiger charge is -2.10. The predicted octanol–water partition coefficient (Wildman–Crippen LogP) is 3.66. The van der Waals surface area contributed by atoms with Gasteiger partial charge in [-0.05, 0) is 30.5 Å². The van der Waals surface area contributed by atoms with Crippen LogP contribution < -0.4 is 10.3 Å². The molecule has 0 saturated carbocycles. The van der Waals surface area contributed by atoms with Gasteiger partial charge in [0.25, 0.3) is 5.56 Å². The van der Waals surface area contributed by atoms with Gasteiger partial charge < -0.3 is 14.5 Å². The molecule has 10 heteroatoms. The van der Waals surface area contributed by atoms with E-state index in [9.17, 15) is 14.9 Å². The van der Waals surface area contributed by atoms with Crippen LogP contribution in [0.2, 0.25) is 5.02 Å². The summed E-state index contributed by atoms with van der Waals surface area (Å²) in [5.74, 6) is -0.0923. The van der Waals surface area contributed by atoms with E-state index in [2.05, 4.69) is 19.7 Å². The first-order chi connectivity index (χ1) is 14.0. The second kappa shape index (κ2) is 8.77. The van der Waals surface area contributed by atoms with E-state index in [0.717, 1.165) is 0 Å². The van der Waals surface area contributed by atoms with Crippen LogP contribution in [0.4, 0.5) is 0 Å². The predicted molar refractivity (Wildman–Crippen MR) is 107 cm³/mol. The third-order valence-corrected chi connectivity index (χ3v) is 4.65. The van der Waals surface area contributed by atoms with Crippen LogP contribution in [0.1, 0.15) is 15.9 Å². The van der Waals surface area contributed by atoms with Crippen molar-refractivity contribution < 1.29 is 14.3 Å². The molecular formula is C19H13ClN4O4S. The first kappa shape index (κ1) is 20.4. The lowest BCUT2D eigenvalue weighted by molar-refractivity contribution is 0.0600. The van der Waals surface area contributed by atoms with Crippen LogP contribution in [0.25, 0.3) is 11.3 Å². The molecule has 0 unspecified atom stereocenters. The van der Waals surface area contributed by atoms with Crippen molar-refractivity contribution in [2.45, 2.75) is 5.16 Å². The highest BCUT2D eigenvalue weighted by Crippen LogP contribution is 2.33. The van der Waals surface area contributed by atoms with Crippen molar-refractivity contribution in [1.82, 2.24) is 15.0 Å². The van der Waals surface area contributed by atoms with E-state index in [-0.39, 0.29) is 33.5 Å². The molecule has 0 atom stereocenters. The number of aromatic nitrogens is 3. The van der Waals surface area contributed by atoms with Gasteiger partial charge in [0.1, 0.15) is 17.4 Å². The van der Waals surface area contributed by atoms with Gasteiger partial charge >= 0.3 is 5.97 Å². The molecule has 0 saturated heterocycles. The SMILES string of the molecule is COC(=O)c1ccnc(Oc2ccc(-c3nc(SC)[nH]c(=O)c3C#N)cc2Cl)c1. The van der Waals surface area contributed by atoms with Crippen LogP contribution in [-0.2, 0) is 4.74 Å². The van der Waals surface area contributed by atoms with Crippen molar-refractivity contribution in [1.29, 1.82) is 5.26 Å². The lowest BCUT2D eigenvalue weighted by Crippen LogP contribution is -2.14. The van der Waals surface area contributed by atoms with E-state index in [1.165, 1.54) is 43.3 Å². The van der Waals surface area contributed by atoms with Gasteiger partial charge in [-0.1, -0.05) is 23.4 Å². The third-order valence-electron chi connectivity index (χ3n) is 3.78. The van der Waals surface area contributed by atoms with Crippen LogP contribution in [-0.4, -0.2) is 34.3 Å². The molecule has 0 aliphatic rings. The molecule has 1 aromatic carbocycles. The van der Waals surface area contributed by atoms with Crippen molar-refractivity contribution in [2.24, 2.45) is 0 Å². The van der Waals surface area contributed by atoms with Gasteiger partial charge in [-0.25, -0.2) is 14.8 Å². The Morgan fingerprint density at radius 2 is 2.10 bits per heavy atom. The minimum absolute atomic E-state index is 0.111. The number of pyridine rings is 1. The Kier molecular flexibility index (Phi) is 6.16. The summed E-state index contributed by atoms with van der Waals surface area (Å²) in [6, 6.07) is 9.51. The summed E-state index contributed by atoms with van der Waals surface area (Å²) in [5, 5.41) is 9.90. The number of thioether (sulfide) groups is 1. The average Bonchev–Trinajstić information content (AvgIpc) is 2.74. The van der Waals surface area contributed by atoms with Crippen LogP contribution in [0.15, 0.2) is 46.5 Å². The van der Waals surface area contributed by atoms with Gasteiger partial charge in [-0.15, -0.1) is 0 Å². The van der Waals surface area contributed by atoms with Crippen LogP contribution in [0, 0.1) is 11.3 Å². The second-order valence-corrected chi connectivity index (χ2v) is 6.73. The molecule has 3 rings (SSSR count). The molecule has 3 aromatic rings. The molecule has 0 bridgehead atoms. The number of nitrogens with one attached hydrogen (secondary N) is 1. The van der Waals surface area contributed by atoms with Crippen molar-refractivity contribution in [3.05, 3.63) is 63.0 Å². The molecule has 1 N–H and O–H groups in total. The number of carbonyl (C=O) groups is 1. The molecule has 0 aliphatic carbocycles. The normalized spacial score (nSPS) is 10.3. The Bertz CT molecular complexity index is 1190. The summed E-state index contributed by atoms with van der Waals surface area (Å²) in [5.41, 5.74) is 0.347. The number of hydrogen-bond donors (Lipinski definition) is 1. The van der Waals surface area contributed by atoms with E-state index in [4.69, 9.17) is 16.3 Å². The van der Waals surface area contributed by atoms with E-state index in [1.54, 1.807) is 18.4 Å². The van der Waals surface area contributed by atoms with Crippen molar-refractivity contribution in [2.75, 3.05) is 13.4 Å². The Balaban J connectivity index is 1.97.